The van der Waals surface area contributed by atoms with Crippen LogP contribution < -0.4 is 0 Å². The predicted octanol–water partition coefficient (Wildman–Crippen LogP) is 3.69. The zero-order valence-corrected chi connectivity index (χ0v) is 12.8. The lowest BCUT2D eigenvalue weighted by Gasteiger charge is -2.25. The summed E-state index contributed by atoms with van der Waals surface area (Å²) >= 11 is 0. The Morgan fingerprint density at radius 1 is 1.62 bits per heavy atom. The maximum absolute atomic E-state index is 12.7. The summed E-state index contributed by atoms with van der Waals surface area (Å²) in [6, 6.07) is 1.74. The second kappa shape index (κ2) is 5.88. The quantitative estimate of drug-likeness (QED) is 0.613. The van der Waals surface area contributed by atoms with Crippen LogP contribution in [0, 0.1) is 17.3 Å². The number of hydrogen-bond donors (Lipinski definition) is 0. The van der Waals surface area contributed by atoms with E-state index in [-0.39, 0.29) is 24.1 Å². The monoisotopic (exact) mass is 290 g/mol. The van der Waals surface area contributed by atoms with Crippen LogP contribution in [0.15, 0.2) is 35.7 Å². The maximum Gasteiger partial charge on any atom is 0.306 e. The van der Waals surface area contributed by atoms with Crippen LogP contribution >= 0.6 is 0 Å². The van der Waals surface area contributed by atoms with Crippen molar-refractivity contribution in [1.82, 2.24) is 0 Å². The number of ether oxygens (including phenoxy) is 1. The first-order chi connectivity index (χ1) is 9.90. The molecule has 0 aliphatic heterocycles. The maximum atomic E-state index is 12.7. The zero-order chi connectivity index (χ0) is 15.6. The Morgan fingerprint density at radius 2 is 2.33 bits per heavy atom. The molecule has 114 valence electrons. The van der Waals surface area contributed by atoms with Crippen LogP contribution in [0.25, 0.3) is 0 Å². The fourth-order valence-corrected chi connectivity index (χ4v) is 3.06. The molecule has 0 amide bonds. The summed E-state index contributed by atoms with van der Waals surface area (Å²) in [5, 5.41) is 0. The Morgan fingerprint density at radius 3 is 2.86 bits per heavy atom. The molecule has 1 fully saturated rings. The van der Waals surface area contributed by atoms with Crippen molar-refractivity contribution in [3.63, 3.8) is 0 Å². The molecule has 4 heteroatoms. The van der Waals surface area contributed by atoms with Crippen LogP contribution in [0.4, 0.5) is 0 Å². The Kier molecular flexibility index (Phi) is 4.35. The highest BCUT2D eigenvalue weighted by Crippen LogP contribution is 2.48. The van der Waals surface area contributed by atoms with E-state index in [0.717, 1.165) is 12.0 Å². The van der Waals surface area contributed by atoms with Gasteiger partial charge in [0.25, 0.3) is 0 Å². The number of esters is 1. The van der Waals surface area contributed by atoms with Crippen molar-refractivity contribution in [2.24, 2.45) is 17.3 Å². The van der Waals surface area contributed by atoms with Crippen molar-refractivity contribution < 1.29 is 18.7 Å². The van der Waals surface area contributed by atoms with Crippen LogP contribution in [0.2, 0.25) is 0 Å². The highest BCUT2D eigenvalue weighted by Gasteiger charge is 2.51. The topological polar surface area (TPSA) is 56.5 Å². The first-order valence-electron chi connectivity index (χ1n) is 7.29. The van der Waals surface area contributed by atoms with Gasteiger partial charge in [0.15, 0.2) is 0 Å². The molecule has 0 radical (unpaired) electrons. The van der Waals surface area contributed by atoms with Crippen LogP contribution in [-0.4, -0.2) is 11.8 Å². The summed E-state index contributed by atoms with van der Waals surface area (Å²) < 4.78 is 10.7. The molecular formula is C17H22O4. The number of Topliss-reactive ketones (excluding diaryl/α,β-unsaturated/α-hetero) is 1. The molecule has 0 unspecified atom stereocenters. The lowest BCUT2D eigenvalue weighted by atomic mass is 9.85. The van der Waals surface area contributed by atoms with Gasteiger partial charge in [0.1, 0.15) is 11.9 Å². The summed E-state index contributed by atoms with van der Waals surface area (Å²) in [4.78, 5) is 24.5. The number of carbonyl (C=O) groups excluding carboxylic acids is 2. The third kappa shape index (κ3) is 2.94. The highest BCUT2D eigenvalue weighted by molar-refractivity contribution is 5.90. The Bertz CT molecular complexity index is 527. The zero-order valence-electron chi connectivity index (χ0n) is 12.8. The Labute approximate surface area is 125 Å². The van der Waals surface area contributed by atoms with Gasteiger partial charge >= 0.3 is 5.97 Å². The molecule has 0 aromatic carbocycles. The minimum Gasteiger partial charge on any atom is -0.472 e. The average molecular weight is 290 g/mol. The molecule has 21 heavy (non-hydrogen) atoms. The van der Waals surface area contributed by atoms with Crippen molar-refractivity contribution in [1.29, 1.82) is 0 Å². The number of hydrogen-bond acceptors (Lipinski definition) is 4. The molecule has 1 heterocycles. The van der Waals surface area contributed by atoms with Gasteiger partial charge in [0.05, 0.1) is 18.4 Å². The van der Waals surface area contributed by atoms with Gasteiger partial charge in [-0.25, -0.2) is 0 Å². The number of furan rings is 1. The molecule has 0 saturated heterocycles. The second-order valence-corrected chi connectivity index (χ2v) is 6.20. The lowest BCUT2D eigenvalue weighted by molar-refractivity contribution is -0.154. The van der Waals surface area contributed by atoms with Crippen molar-refractivity contribution in [2.75, 3.05) is 0 Å². The van der Waals surface area contributed by atoms with E-state index < -0.39 is 17.4 Å². The first-order valence-corrected chi connectivity index (χ1v) is 7.29. The highest BCUT2D eigenvalue weighted by atomic mass is 16.5. The average Bonchev–Trinajstić information content (AvgIpc) is 3.04. The molecule has 4 nitrogen and oxygen atoms in total. The summed E-state index contributed by atoms with van der Waals surface area (Å²) in [6.07, 6.45) is 5.25. The fourth-order valence-electron chi connectivity index (χ4n) is 3.06. The number of ketones is 1. The standard InChI is InChI=1S/C17H22O4/c1-5-11-9-17(3,4)16(19)14(11)15(21-13(18)6-2)12-7-8-20-10-12/h5,7-8,10-11,14-15H,1,6,9H2,2-4H3/t11-,14-,15+/m1/s1. The van der Waals surface area contributed by atoms with E-state index in [1.165, 1.54) is 12.5 Å². The van der Waals surface area contributed by atoms with E-state index in [0.29, 0.717) is 0 Å². The molecule has 1 aromatic heterocycles. The third-order valence-electron chi connectivity index (χ3n) is 4.22. The molecule has 0 spiro atoms. The van der Waals surface area contributed by atoms with Gasteiger partial charge in [-0.1, -0.05) is 26.8 Å². The van der Waals surface area contributed by atoms with E-state index >= 15 is 0 Å². The largest absolute Gasteiger partial charge is 0.472 e. The lowest BCUT2D eigenvalue weighted by Crippen LogP contribution is -2.29. The van der Waals surface area contributed by atoms with Gasteiger partial charge in [-0.15, -0.1) is 6.58 Å². The summed E-state index contributed by atoms with van der Waals surface area (Å²) in [6.45, 7) is 9.44. The van der Waals surface area contributed by atoms with E-state index in [4.69, 9.17) is 9.15 Å². The third-order valence-corrected chi connectivity index (χ3v) is 4.22. The number of carbonyl (C=O) groups is 2. The van der Waals surface area contributed by atoms with E-state index in [9.17, 15) is 9.59 Å². The summed E-state index contributed by atoms with van der Waals surface area (Å²) in [7, 11) is 0. The minimum atomic E-state index is -0.603. The molecule has 2 rings (SSSR count). The van der Waals surface area contributed by atoms with Crippen molar-refractivity contribution in [3.05, 3.63) is 36.8 Å². The first kappa shape index (κ1) is 15.5. The molecule has 1 aromatic rings. The number of rotatable bonds is 5. The second-order valence-electron chi connectivity index (χ2n) is 6.20. The normalized spacial score (nSPS) is 25.6. The summed E-state index contributed by atoms with van der Waals surface area (Å²) in [5.74, 6) is -0.605. The molecule has 0 bridgehead atoms. The fraction of sp³-hybridized carbons (Fsp3) is 0.529. The van der Waals surface area contributed by atoms with Crippen LogP contribution in [-0.2, 0) is 14.3 Å². The van der Waals surface area contributed by atoms with Crippen molar-refractivity contribution >= 4 is 11.8 Å². The van der Waals surface area contributed by atoms with Crippen LogP contribution in [0.5, 0.6) is 0 Å². The molecule has 3 atom stereocenters. The van der Waals surface area contributed by atoms with Gasteiger partial charge in [0.2, 0.25) is 0 Å². The smallest absolute Gasteiger partial charge is 0.306 e. The molecule has 1 aliphatic rings. The molecule has 1 saturated carbocycles. The van der Waals surface area contributed by atoms with Crippen molar-refractivity contribution in [2.45, 2.75) is 39.7 Å². The van der Waals surface area contributed by atoms with Crippen LogP contribution in [0.3, 0.4) is 0 Å². The van der Waals surface area contributed by atoms with Gasteiger partial charge in [-0.05, 0) is 18.4 Å². The molecular weight excluding hydrogens is 268 g/mol. The molecule has 0 N–H and O–H groups in total. The summed E-state index contributed by atoms with van der Waals surface area (Å²) in [5.41, 5.74) is 0.295. The van der Waals surface area contributed by atoms with E-state index in [1.807, 2.05) is 13.8 Å². The SMILES string of the molecule is C=C[C@@H]1CC(C)(C)C(=O)[C@H]1[C@@H](OC(=O)CC)c1ccoc1. The van der Waals surface area contributed by atoms with Crippen LogP contribution in [0.1, 0.15) is 45.3 Å². The Hall–Kier alpha value is -1.84. The van der Waals surface area contributed by atoms with E-state index in [2.05, 4.69) is 6.58 Å². The predicted molar refractivity (Wildman–Crippen MR) is 78.4 cm³/mol. The van der Waals surface area contributed by atoms with Crippen molar-refractivity contribution in [3.8, 4) is 0 Å². The van der Waals surface area contributed by atoms with Gasteiger partial charge in [0, 0.05) is 17.4 Å². The Balaban J connectivity index is 2.37. The van der Waals surface area contributed by atoms with Gasteiger partial charge in [-0.3, -0.25) is 9.59 Å². The van der Waals surface area contributed by atoms with Gasteiger partial charge < -0.3 is 9.15 Å². The molecule has 1 aliphatic carbocycles. The van der Waals surface area contributed by atoms with Gasteiger partial charge in [-0.2, -0.15) is 0 Å². The van der Waals surface area contributed by atoms with E-state index in [1.54, 1.807) is 19.1 Å². The minimum absolute atomic E-state index is 0.00273. The number of allylic oxidation sites excluding steroid dienone is 1.